The van der Waals surface area contributed by atoms with Crippen LogP contribution >= 0.6 is 0 Å². The summed E-state index contributed by atoms with van der Waals surface area (Å²) in [6, 6.07) is 4.84. The predicted molar refractivity (Wildman–Crippen MR) is 100 cm³/mol. The van der Waals surface area contributed by atoms with Gasteiger partial charge < -0.3 is 14.8 Å². The van der Waals surface area contributed by atoms with E-state index in [0.29, 0.717) is 17.1 Å². The molecule has 26 heavy (non-hydrogen) atoms. The smallest absolute Gasteiger partial charge is 0.251 e. The highest BCUT2D eigenvalue weighted by Crippen LogP contribution is 2.26. The molecule has 2 atom stereocenters. The molecular formula is C18H28N2O5S. The number of hydrogen-bond acceptors (Lipinski definition) is 5. The molecule has 8 heteroatoms. The van der Waals surface area contributed by atoms with Gasteiger partial charge in [-0.15, -0.1) is 0 Å². The first-order valence-corrected chi connectivity index (χ1v) is 10.4. The van der Waals surface area contributed by atoms with Crippen molar-refractivity contribution in [2.75, 3.05) is 26.5 Å². The number of hydrogen-bond donors (Lipinski definition) is 1. The zero-order valence-electron chi connectivity index (χ0n) is 15.8. The third-order valence-corrected chi connectivity index (χ3v) is 6.78. The molecule has 2 rings (SSSR count). The number of carbonyl (C=O) groups is 1. The molecular weight excluding hydrogens is 356 g/mol. The third kappa shape index (κ3) is 4.88. The Labute approximate surface area is 155 Å². The van der Waals surface area contributed by atoms with Gasteiger partial charge in [0.25, 0.3) is 5.91 Å². The minimum absolute atomic E-state index is 0.00194. The van der Waals surface area contributed by atoms with Gasteiger partial charge in [-0.1, -0.05) is 6.42 Å². The monoisotopic (exact) mass is 384 g/mol. The number of methoxy groups -OCH3 is 2. The highest BCUT2D eigenvalue weighted by molar-refractivity contribution is 7.89. The van der Waals surface area contributed by atoms with Crippen LogP contribution in [-0.4, -0.2) is 57.2 Å². The quantitative estimate of drug-likeness (QED) is 0.777. The molecule has 0 aromatic heterocycles. The van der Waals surface area contributed by atoms with Crippen molar-refractivity contribution in [2.45, 2.75) is 45.2 Å². The molecule has 1 fully saturated rings. The fourth-order valence-corrected chi connectivity index (χ4v) is 5.26. The minimum atomic E-state index is -3.42. The molecule has 146 valence electrons. The lowest BCUT2D eigenvalue weighted by Crippen LogP contribution is -2.49. The second-order valence-corrected chi connectivity index (χ2v) is 8.63. The highest BCUT2D eigenvalue weighted by Gasteiger charge is 2.34. The molecule has 1 amide bonds. The molecule has 1 aliphatic heterocycles. The molecule has 1 N–H and O–H groups in total. The predicted octanol–water partition coefficient (Wildman–Crippen LogP) is 2.03. The molecule has 0 unspecified atom stereocenters. The Balaban J connectivity index is 1.99. The maximum Gasteiger partial charge on any atom is 0.251 e. The van der Waals surface area contributed by atoms with Gasteiger partial charge in [-0.25, -0.2) is 8.42 Å². The number of ether oxygens (including phenoxy) is 2. The van der Waals surface area contributed by atoms with Crippen molar-refractivity contribution in [1.29, 1.82) is 0 Å². The van der Waals surface area contributed by atoms with Crippen LogP contribution in [0.25, 0.3) is 0 Å². The fourth-order valence-electron chi connectivity index (χ4n) is 3.39. The molecule has 0 aliphatic carbocycles. The molecule has 0 radical (unpaired) electrons. The van der Waals surface area contributed by atoms with Crippen LogP contribution in [-0.2, 0) is 10.0 Å². The first-order chi connectivity index (χ1) is 12.3. The third-order valence-electron chi connectivity index (χ3n) is 4.69. The maximum absolute atomic E-state index is 12.7. The Bertz CT molecular complexity index is 703. The van der Waals surface area contributed by atoms with E-state index in [2.05, 4.69) is 5.32 Å². The van der Waals surface area contributed by atoms with Crippen molar-refractivity contribution in [3.63, 3.8) is 0 Å². The fraction of sp³-hybridized carbons (Fsp3) is 0.611. The van der Waals surface area contributed by atoms with E-state index in [1.807, 2.05) is 13.8 Å². The van der Waals surface area contributed by atoms with Crippen LogP contribution in [0.4, 0.5) is 0 Å². The SMILES string of the molecule is COc1cc(OC)cc(C(=O)NCCS(=O)(=O)N2[C@@H](C)CCC[C@@H]2C)c1. The minimum Gasteiger partial charge on any atom is -0.497 e. The average molecular weight is 384 g/mol. The largest absolute Gasteiger partial charge is 0.497 e. The Morgan fingerprint density at radius 1 is 1.12 bits per heavy atom. The van der Waals surface area contributed by atoms with Gasteiger partial charge in [-0.3, -0.25) is 4.79 Å². The van der Waals surface area contributed by atoms with Crippen molar-refractivity contribution < 1.29 is 22.7 Å². The number of amides is 1. The Morgan fingerprint density at radius 3 is 2.15 bits per heavy atom. The number of piperidine rings is 1. The summed E-state index contributed by atoms with van der Waals surface area (Å²) in [7, 11) is -0.408. The van der Waals surface area contributed by atoms with Crippen molar-refractivity contribution in [3.8, 4) is 11.5 Å². The Kier molecular flexibility index (Phi) is 6.88. The summed E-state index contributed by atoms with van der Waals surface area (Å²) >= 11 is 0. The normalized spacial score (nSPS) is 21.2. The number of carbonyl (C=O) groups excluding carboxylic acids is 1. The zero-order valence-corrected chi connectivity index (χ0v) is 16.6. The van der Waals surface area contributed by atoms with Crippen molar-refractivity contribution in [1.82, 2.24) is 9.62 Å². The molecule has 0 saturated carbocycles. The summed E-state index contributed by atoms with van der Waals surface area (Å²) in [5.41, 5.74) is 0.360. The van der Waals surface area contributed by atoms with Gasteiger partial charge in [-0.05, 0) is 38.8 Å². The van der Waals surface area contributed by atoms with Gasteiger partial charge in [0.1, 0.15) is 11.5 Å². The number of benzene rings is 1. The van der Waals surface area contributed by atoms with Crippen LogP contribution in [0.1, 0.15) is 43.5 Å². The lowest BCUT2D eigenvalue weighted by atomic mass is 10.0. The molecule has 1 heterocycles. The number of rotatable bonds is 7. The maximum atomic E-state index is 12.7. The second-order valence-electron chi connectivity index (χ2n) is 6.63. The molecule has 1 aliphatic rings. The lowest BCUT2D eigenvalue weighted by Gasteiger charge is -2.37. The van der Waals surface area contributed by atoms with E-state index in [9.17, 15) is 13.2 Å². The van der Waals surface area contributed by atoms with Gasteiger partial charge in [0.15, 0.2) is 0 Å². The lowest BCUT2D eigenvalue weighted by molar-refractivity contribution is 0.0955. The highest BCUT2D eigenvalue weighted by atomic mass is 32.2. The van der Waals surface area contributed by atoms with Gasteiger partial charge in [0, 0.05) is 30.3 Å². The molecule has 0 bridgehead atoms. The summed E-state index contributed by atoms with van der Waals surface area (Å²) in [6.07, 6.45) is 2.79. The van der Waals surface area contributed by atoms with E-state index in [-0.39, 0.29) is 30.3 Å². The van der Waals surface area contributed by atoms with Crippen molar-refractivity contribution in [2.24, 2.45) is 0 Å². The first-order valence-electron chi connectivity index (χ1n) is 8.81. The molecule has 1 saturated heterocycles. The van der Waals surface area contributed by atoms with Crippen molar-refractivity contribution in [3.05, 3.63) is 23.8 Å². The number of nitrogens with one attached hydrogen (secondary N) is 1. The van der Waals surface area contributed by atoms with Crippen molar-refractivity contribution >= 4 is 15.9 Å². The van der Waals surface area contributed by atoms with Crippen LogP contribution in [0, 0.1) is 0 Å². The van der Waals surface area contributed by atoms with Gasteiger partial charge in [0.2, 0.25) is 10.0 Å². The Morgan fingerprint density at radius 2 is 1.65 bits per heavy atom. The van der Waals surface area contributed by atoms with Gasteiger partial charge >= 0.3 is 0 Å². The standard InChI is InChI=1S/C18H28N2O5S/c1-13-6-5-7-14(2)20(13)26(22,23)9-8-19-18(21)15-10-16(24-3)12-17(11-15)25-4/h10-14H,5-9H2,1-4H3,(H,19,21)/t13-,14-/m0/s1. The molecule has 1 aromatic rings. The van der Waals surface area contributed by atoms with Crippen LogP contribution < -0.4 is 14.8 Å². The Hall–Kier alpha value is -1.80. The average Bonchev–Trinajstić information content (AvgIpc) is 2.60. The van der Waals surface area contributed by atoms with Crippen LogP contribution in [0.2, 0.25) is 0 Å². The van der Waals surface area contributed by atoms with E-state index >= 15 is 0 Å². The number of sulfonamides is 1. The topological polar surface area (TPSA) is 84.9 Å². The second kappa shape index (κ2) is 8.73. The zero-order chi connectivity index (χ0) is 19.3. The van der Waals surface area contributed by atoms with Crippen LogP contribution in [0.15, 0.2) is 18.2 Å². The first kappa shape index (κ1) is 20.5. The van der Waals surface area contributed by atoms with E-state index in [0.717, 1.165) is 19.3 Å². The van der Waals surface area contributed by atoms with E-state index in [1.165, 1.54) is 14.2 Å². The van der Waals surface area contributed by atoms with E-state index in [4.69, 9.17) is 9.47 Å². The van der Waals surface area contributed by atoms with Crippen LogP contribution in [0.5, 0.6) is 11.5 Å². The summed E-state index contributed by atoms with van der Waals surface area (Å²) in [6.45, 7) is 3.93. The van der Waals surface area contributed by atoms with Gasteiger partial charge in [-0.2, -0.15) is 4.31 Å². The van der Waals surface area contributed by atoms with E-state index < -0.39 is 10.0 Å². The summed E-state index contributed by atoms with van der Waals surface area (Å²) in [4.78, 5) is 12.3. The molecule has 1 aromatic carbocycles. The summed E-state index contributed by atoms with van der Waals surface area (Å²) in [5.74, 6) is 0.516. The molecule has 7 nitrogen and oxygen atoms in total. The van der Waals surface area contributed by atoms with Crippen LogP contribution in [0.3, 0.4) is 0 Å². The number of nitrogens with zero attached hydrogens (tertiary/aromatic N) is 1. The molecule has 0 spiro atoms. The van der Waals surface area contributed by atoms with Gasteiger partial charge in [0.05, 0.1) is 20.0 Å². The summed E-state index contributed by atoms with van der Waals surface area (Å²) < 4.78 is 37.2. The van der Waals surface area contributed by atoms with E-state index in [1.54, 1.807) is 22.5 Å². The summed E-state index contributed by atoms with van der Waals surface area (Å²) in [5, 5.41) is 2.67.